The summed E-state index contributed by atoms with van der Waals surface area (Å²) in [4.78, 5) is 0. The third-order valence-corrected chi connectivity index (χ3v) is 3.35. The third-order valence-electron chi connectivity index (χ3n) is 3.35. The van der Waals surface area contributed by atoms with Crippen molar-refractivity contribution in [1.29, 1.82) is 0 Å². The molecule has 0 heteroatoms. The van der Waals surface area contributed by atoms with Crippen LogP contribution in [0, 0.1) is 12.8 Å². The summed E-state index contributed by atoms with van der Waals surface area (Å²) < 4.78 is 0. The summed E-state index contributed by atoms with van der Waals surface area (Å²) in [6, 6.07) is 17.7. The van der Waals surface area contributed by atoms with Crippen molar-refractivity contribution >= 4 is 0 Å². The van der Waals surface area contributed by atoms with E-state index in [1.54, 1.807) is 0 Å². The van der Waals surface area contributed by atoms with Crippen molar-refractivity contribution in [3.8, 4) is 11.1 Å². The van der Waals surface area contributed by atoms with Gasteiger partial charge in [-0.3, -0.25) is 0 Å². The van der Waals surface area contributed by atoms with Crippen LogP contribution in [-0.4, -0.2) is 0 Å². The summed E-state index contributed by atoms with van der Waals surface area (Å²) in [7, 11) is 0. The monoisotopic (exact) mass is 238 g/mol. The van der Waals surface area contributed by atoms with Gasteiger partial charge in [-0.2, -0.15) is 0 Å². The molecule has 2 rings (SSSR count). The fourth-order valence-electron chi connectivity index (χ4n) is 2.07. The maximum Gasteiger partial charge on any atom is -0.0184 e. The summed E-state index contributed by atoms with van der Waals surface area (Å²) in [5, 5.41) is 0. The zero-order valence-electron chi connectivity index (χ0n) is 11.6. The first-order chi connectivity index (χ1) is 8.65. The van der Waals surface area contributed by atoms with Crippen LogP contribution in [0.15, 0.2) is 48.5 Å². The molecule has 2 aromatic rings. The summed E-state index contributed by atoms with van der Waals surface area (Å²) in [6.07, 6.45) is 2.45. The fourth-order valence-corrected chi connectivity index (χ4v) is 2.07. The lowest BCUT2D eigenvalue weighted by Gasteiger charge is -2.06. The minimum atomic E-state index is 0.779. The number of hydrogen-bond donors (Lipinski definition) is 0. The maximum absolute atomic E-state index is 2.28. The quantitative estimate of drug-likeness (QED) is 0.682. The summed E-state index contributed by atoms with van der Waals surface area (Å²) in [5.41, 5.74) is 5.37. The molecule has 0 aliphatic rings. The molecule has 0 heterocycles. The first-order valence-electron chi connectivity index (χ1n) is 6.81. The average Bonchev–Trinajstić information content (AvgIpc) is 2.38. The molecule has 94 valence electrons. The Morgan fingerprint density at radius 2 is 1.28 bits per heavy atom. The Hall–Kier alpha value is -1.56. The molecule has 0 radical (unpaired) electrons. The van der Waals surface area contributed by atoms with Crippen LogP contribution >= 0.6 is 0 Å². The molecule has 0 atom stereocenters. The molecule has 2 aromatic carbocycles. The molecule has 0 aliphatic carbocycles. The number of aryl methyl sites for hydroxylation is 2. The molecule has 0 saturated carbocycles. The van der Waals surface area contributed by atoms with Crippen LogP contribution in [0.1, 0.15) is 31.4 Å². The summed E-state index contributed by atoms with van der Waals surface area (Å²) in [6.45, 7) is 6.68. The van der Waals surface area contributed by atoms with E-state index >= 15 is 0 Å². The molecular weight excluding hydrogens is 216 g/mol. The zero-order chi connectivity index (χ0) is 13.0. The van der Waals surface area contributed by atoms with E-state index in [1.807, 2.05) is 0 Å². The molecule has 0 unspecified atom stereocenters. The second kappa shape index (κ2) is 5.86. The van der Waals surface area contributed by atoms with Gasteiger partial charge in [-0.1, -0.05) is 67.9 Å². The lowest BCUT2D eigenvalue weighted by Crippen LogP contribution is -1.91. The number of hydrogen-bond acceptors (Lipinski definition) is 0. The lowest BCUT2D eigenvalue weighted by atomic mass is 9.99. The second-order valence-corrected chi connectivity index (χ2v) is 5.50. The Morgan fingerprint density at radius 3 is 1.78 bits per heavy atom. The van der Waals surface area contributed by atoms with Crippen LogP contribution in [0.25, 0.3) is 11.1 Å². The third kappa shape index (κ3) is 3.46. The topological polar surface area (TPSA) is 0 Å². The molecule has 0 bridgehead atoms. The highest BCUT2D eigenvalue weighted by Crippen LogP contribution is 2.21. The molecule has 0 spiro atoms. The van der Waals surface area contributed by atoms with Gasteiger partial charge in [-0.15, -0.1) is 0 Å². The van der Waals surface area contributed by atoms with Gasteiger partial charge < -0.3 is 0 Å². The Labute approximate surface area is 111 Å². The molecule has 0 amide bonds. The van der Waals surface area contributed by atoms with E-state index in [0.717, 1.165) is 5.92 Å². The molecule has 0 N–H and O–H groups in total. The van der Waals surface area contributed by atoms with Gasteiger partial charge in [-0.25, -0.2) is 0 Å². The Kier molecular flexibility index (Phi) is 4.19. The van der Waals surface area contributed by atoms with Gasteiger partial charge >= 0.3 is 0 Å². The van der Waals surface area contributed by atoms with Gasteiger partial charge in [0, 0.05) is 0 Å². The fraction of sp³-hybridized carbons (Fsp3) is 0.333. The van der Waals surface area contributed by atoms with Crippen molar-refractivity contribution in [1.82, 2.24) is 0 Å². The Balaban J connectivity index is 2.09. The van der Waals surface area contributed by atoms with E-state index in [-0.39, 0.29) is 0 Å². The predicted octanol–water partition coefficient (Wildman–Crippen LogP) is 5.25. The van der Waals surface area contributed by atoms with Gasteiger partial charge in [0.25, 0.3) is 0 Å². The highest BCUT2D eigenvalue weighted by molar-refractivity contribution is 5.63. The van der Waals surface area contributed by atoms with Crippen molar-refractivity contribution in [3.05, 3.63) is 59.7 Å². The van der Waals surface area contributed by atoms with Crippen molar-refractivity contribution < 1.29 is 0 Å². The SMILES string of the molecule is Cc1ccc(-c2ccc(CCC(C)C)cc2)cc1. The smallest absolute Gasteiger partial charge is 0.0184 e. The van der Waals surface area contributed by atoms with Crippen LogP contribution in [0.2, 0.25) is 0 Å². The molecule has 0 aliphatic heterocycles. The van der Waals surface area contributed by atoms with Crippen LogP contribution < -0.4 is 0 Å². The van der Waals surface area contributed by atoms with Gasteiger partial charge in [0.05, 0.1) is 0 Å². The van der Waals surface area contributed by atoms with Crippen molar-refractivity contribution in [3.63, 3.8) is 0 Å². The van der Waals surface area contributed by atoms with E-state index in [0.29, 0.717) is 0 Å². The minimum Gasteiger partial charge on any atom is -0.0628 e. The molecular formula is C18H22. The van der Waals surface area contributed by atoms with Gasteiger partial charge in [-0.05, 0) is 42.4 Å². The maximum atomic E-state index is 2.28. The molecule has 0 aromatic heterocycles. The van der Waals surface area contributed by atoms with Crippen molar-refractivity contribution in [2.75, 3.05) is 0 Å². The van der Waals surface area contributed by atoms with E-state index in [4.69, 9.17) is 0 Å². The molecule has 0 nitrogen and oxygen atoms in total. The number of benzene rings is 2. The predicted molar refractivity (Wildman–Crippen MR) is 79.8 cm³/mol. The lowest BCUT2D eigenvalue weighted by molar-refractivity contribution is 0.587. The van der Waals surface area contributed by atoms with Crippen LogP contribution in [0.4, 0.5) is 0 Å². The molecule has 18 heavy (non-hydrogen) atoms. The first kappa shape index (κ1) is 12.9. The van der Waals surface area contributed by atoms with E-state index in [9.17, 15) is 0 Å². The minimum absolute atomic E-state index is 0.779. The van der Waals surface area contributed by atoms with E-state index in [1.165, 1.54) is 35.1 Å². The number of rotatable bonds is 4. The highest BCUT2D eigenvalue weighted by Gasteiger charge is 1.99. The van der Waals surface area contributed by atoms with Gasteiger partial charge in [0.15, 0.2) is 0 Å². The van der Waals surface area contributed by atoms with Gasteiger partial charge in [0.2, 0.25) is 0 Å². The van der Waals surface area contributed by atoms with E-state index < -0.39 is 0 Å². The normalized spacial score (nSPS) is 10.9. The summed E-state index contributed by atoms with van der Waals surface area (Å²) in [5.74, 6) is 0.779. The van der Waals surface area contributed by atoms with Crippen molar-refractivity contribution in [2.24, 2.45) is 5.92 Å². The van der Waals surface area contributed by atoms with Crippen LogP contribution in [-0.2, 0) is 6.42 Å². The van der Waals surface area contributed by atoms with Crippen LogP contribution in [0.5, 0.6) is 0 Å². The molecule has 0 fully saturated rings. The zero-order valence-corrected chi connectivity index (χ0v) is 11.6. The van der Waals surface area contributed by atoms with Crippen molar-refractivity contribution in [2.45, 2.75) is 33.6 Å². The largest absolute Gasteiger partial charge is 0.0628 e. The highest BCUT2D eigenvalue weighted by atomic mass is 14.0. The molecule has 0 saturated heterocycles. The first-order valence-corrected chi connectivity index (χ1v) is 6.81. The van der Waals surface area contributed by atoms with E-state index in [2.05, 4.69) is 69.3 Å². The standard InChI is InChI=1S/C18H22/c1-14(2)4-7-16-8-12-18(13-9-16)17-10-5-15(3)6-11-17/h5-6,8-14H,4,7H2,1-3H3. The van der Waals surface area contributed by atoms with Crippen LogP contribution in [0.3, 0.4) is 0 Å². The summed E-state index contributed by atoms with van der Waals surface area (Å²) >= 11 is 0. The Morgan fingerprint density at radius 1 is 0.778 bits per heavy atom. The Bertz CT molecular complexity index is 474. The van der Waals surface area contributed by atoms with Gasteiger partial charge in [0.1, 0.15) is 0 Å². The average molecular weight is 238 g/mol. The second-order valence-electron chi connectivity index (χ2n) is 5.50.